The van der Waals surface area contributed by atoms with Crippen LogP contribution < -0.4 is 5.73 Å². The molecule has 0 aromatic rings. The van der Waals surface area contributed by atoms with E-state index in [1.54, 1.807) is 0 Å². The highest BCUT2D eigenvalue weighted by molar-refractivity contribution is 5.86. The molecular formula is C6H7NO3. The summed E-state index contributed by atoms with van der Waals surface area (Å²) in [4.78, 5) is 19.8. The van der Waals surface area contributed by atoms with Crippen molar-refractivity contribution in [3.05, 3.63) is 24.3 Å². The van der Waals surface area contributed by atoms with E-state index >= 15 is 0 Å². The number of hydrogen-bond acceptors (Lipinski definition) is 2. The average Bonchev–Trinajstić information content (AvgIpc) is 1.79. The first-order valence-electron chi connectivity index (χ1n) is 2.50. The summed E-state index contributed by atoms with van der Waals surface area (Å²) >= 11 is 0. The molecule has 0 bridgehead atoms. The Kier molecular flexibility index (Phi) is 3.63. The summed E-state index contributed by atoms with van der Waals surface area (Å²) in [6.07, 6.45) is 4.45. The lowest BCUT2D eigenvalue weighted by Gasteiger charge is -1.75. The Morgan fingerprint density at radius 1 is 1.20 bits per heavy atom. The van der Waals surface area contributed by atoms with E-state index < -0.39 is 11.9 Å². The highest BCUT2D eigenvalue weighted by Crippen LogP contribution is 1.75. The predicted octanol–water partition coefficient (Wildman–Crippen LogP) is -0.331. The lowest BCUT2D eigenvalue weighted by molar-refractivity contribution is -0.131. The van der Waals surface area contributed by atoms with Gasteiger partial charge in [-0.1, -0.05) is 12.2 Å². The number of carboxylic acid groups (broad SMARTS) is 1. The number of allylic oxidation sites excluding steroid dienone is 2. The topological polar surface area (TPSA) is 80.4 Å². The second-order valence-corrected chi connectivity index (χ2v) is 1.46. The minimum atomic E-state index is -1.06. The van der Waals surface area contributed by atoms with Gasteiger partial charge in [0.15, 0.2) is 0 Å². The molecule has 1 amide bonds. The molecule has 0 atom stereocenters. The highest BCUT2D eigenvalue weighted by Gasteiger charge is 1.81. The van der Waals surface area contributed by atoms with Crippen LogP contribution in [0.5, 0.6) is 0 Å². The third-order valence-electron chi connectivity index (χ3n) is 0.610. The van der Waals surface area contributed by atoms with Gasteiger partial charge in [-0.3, -0.25) is 4.79 Å². The molecular weight excluding hydrogens is 134 g/mol. The molecule has 4 nitrogen and oxygen atoms in total. The number of carbonyl (C=O) groups is 2. The van der Waals surface area contributed by atoms with Crippen LogP contribution in [0.1, 0.15) is 0 Å². The van der Waals surface area contributed by atoms with Gasteiger partial charge in [0.2, 0.25) is 5.91 Å². The van der Waals surface area contributed by atoms with Crippen LogP contribution in [0, 0.1) is 0 Å². The lowest BCUT2D eigenvalue weighted by atomic mass is 10.4. The molecule has 0 aliphatic rings. The maximum absolute atomic E-state index is 10.00. The number of carboxylic acids is 1. The quantitative estimate of drug-likeness (QED) is 0.417. The molecule has 0 spiro atoms. The van der Waals surface area contributed by atoms with E-state index in [-0.39, 0.29) is 0 Å². The van der Waals surface area contributed by atoms with Crippen LogP contribution in [-0.2, 0) is 9.59 Å². The third-order valence-corrected chi connectivity index (χ3v) is 0.610. The van der Waals surface area contributed by atoms with Gasteiger partial charge in [0.05, 0.1) is 0 Å². The van der Waals surface area contributed by atoms with Crippen molar-refractivity contribution in [3.8, 4) is 0 Å². The first-order valence-corrected chi connectivity index (χ1v) is 2.50. The zero-order valence-corrected chi connectivity index (χ0v) is 5.15. The van der Waals surface area contributed by atoms with Crippen molar-refractivity contribution in [2.45, 2.75) is 0 Å². The first kappa shape index (κ1) is 8.42. The van der Waals surface area contributed by atoms with Crippen molar-refractivity contribution in [2.24, 2.45) is 5.73 Å². The third kappa shape index (κ3) is 6.42. The summed E-state index contributed by atoms with van der Waals surface area (Å²) in [6.45, 7) is 0. The van der Waals surface area contributed by atoms with Crippen LogP contribution in [-0.4, -0.2) is 17.0 Å². The molecule has 10 heavy (non-hydrogen) atoms. The Morgan fingerprint density at radius 2 is 1.70 bits per heavy atom. The SMILES string of the molecule is NC(=O)C=CC=CC(=O)O. The summed E-state index contributed by atoms with van der Waals surface area (Å²) in [7, 11) is 0. The van der Waals surface area contributed by atoms with E-state index in [1.165, 1.54) is 12.2 Å². The van der Waals surface area contributed by atoms with Crippen molar-refractivity contribution in [1.29, 1.82) is 0 Å². The minimum absolute atomic E-state index is 0.602. The predicted molar refractivity (Wildman–Crippen MR) is 35.1 cm³/mol. The van der Waals surface area contributed by atoms with Gasteiger partial charge in [0.1, 0.15) is 0 Å². The maximum atomic E-state index is 10.00. The van der Waals surface area contributed by atoms with Gasteiger partial charge in [0, 0.05) is 12.2 Å². The van der Waals surface area contributed by atoms with Crippen LogP contribution >= 0.6 is 0 Å². The van der Waals surface area contributed by atoms with Gasteiger partial charge < -0.3 is 10.8 Å². The molecule has 0 heterocycles. The summed E-state index contributed by atoms with van der Waals surface area (Å²) in [5.74, 6) is -1.66. The van der Waals surface area contributed by atoms with Gasteiger partial charge in [-0.05, 0) is 0 Å². The molecule has 0 saturated heterocycles. The first-order chi connectivity index (χ1) is 4.63. The average molecular weight is 141 g/mol. The molecule has 0 rings (SSSR count). The summed E-state index contributed by atoms with van der Waals surface area (Å²) in [6, 6.07) is 0. The maximum Gasteiger partial charge on any atom is 0.328 e. The van der Waals surface area contributed by atoms with E-state index in [4.69, 9.17) is 10.8 Å². The molecule has 0 aliphatic carbocycles. The lowest BCUT2D eigenvalue weighted by Crippen LogP contribution is -2.04. The Balaban J connectivity index is 3.73. The van der Waals surface area contributed by atoms with Gasteiger partial charge >= 0.3 is 5.97 Å². The molecule has 0 radical (unpaired) electrons. The number of primary amides is 1. The van der Waals surface area contributed by atoms with E-state index in [0.29, 0.717) is 0 Å². The Morgan fingerprint density at radius 3 is 2.10 bits per heavy atom. The van der Waals surface area contributed by atoms with E-state index in [0.717, 1.165) is 12.2 Å². The van der Waals surface area contributed by atoms with Gasteiger partial charge in [-0.25, -0.2) is 4.79 Å². The number of rotatable bonds is 3. The van der Waals surface area contributed by atoms with Crippen molar-refractivity contribution >= 4 is 11.9 Å². The van der Waals surface area contributed by atoms with Crippen LogP contribution in [0.4, 0.5) is 0 Å². The number of carbonyl (C=O) groups excluding carboxylic acids is 1. The zero-order valence-electron chi connectivity index (χ0n) is 5.15. The Bertz CT molecular complexity index is 171. The van der Waals surface area contributed by atoms with E-state index in [2.05, 4.69) is 0 Å². The van der Waals surface area contributed by atoms with E-state index in [1.807, 2.05) is 0 Å². The fourth-order valence-electron chi connectivity index (χ4n) is 0.288. The Labute approximate surface area is 57.6 Å². The Hall–Kier alpha value is -1.58. The van der Waals surface area contributed by atoms with Crippen molar-refractivity contribution in [3.63, 3.8) is 0 Å². The zero-order chi connectivity index (χ0) is 7.98. The van der Waals surface area contributed by atoms with Gasteiger partial charge in [-0.15, -0.1) is 0 Å². The summed E-state index contributed by atoms with van der Waals surface area (Å²) in [5, 5.41) is 8.04. The second kappa shape index (κ2) is 4.31. The normalized spacial score (nSPS) is 10.8. The summed E-state index contributed by atoms with van der Waals surface area (Å²) < 4.78 is 0. The standard InChI is InChI=1S/C6H7NO3/c7-5(8)3-1-2-4-6(9)10/h1-4H,(H2,7,8)(H,9,10). The molecule has 54 valence electrons. The van der Waals surface area contributed by atoms with Crippen molar-refractivity contribution < 1.29 is 14.7 Å². The molecule has 4 heteroatoms. The monoisotopic (exact) mass is 141 g/mol. The van der Waals surface area contributed by atoms with Crippen LogP contribution in [0.25, 0.3) is 0 Å². The minimum Gasteiger partial charge on any atom is -0.478 e. The molecule has 0 aliphatic heterocycles. The molecule has 0 saturated carbocycles. The number of nitrogens with two attached hydrogens (primary N) is 1. The van der Waals surface area contributed by atoms with Gasteiger partial charge in [-0.2, -0.15) is 0 Å². The fourth-order valence-corrected chi connectivity index (χ4v) is 0.288. The molecule has 0 unspecified atom stereocenters. The number of amides is 1. The largest absolute Gasteiger partial charge is 0.478 e. The molecule has 0 fully saturated rings. The van der Waals surface area contributed by atoms with Crippen molar-refractivity contribution in [2.75, 3.05) is 0 Å². The molecule has 3 N–H and O–H groups in total. The summed E-state index contributed by atoms with van der Waals surface area (Å²) in [5.41, 5.74) is 4.70. The highest BCUT2D eigenvalue weighted by atomic mass is 16.4. The van der Waals surface area contributed by atoms with Gasteiger partial charge in [0.25, 0.3) is 0 Å². The fraction of sp³-hybridized carbons (Fsp3) is 0. The number of aliphatic carboxylic acids is 1. The molecule has 0 aromatic carbocycles. The smallest absolute Gasteiger partial charge is 0.328 e. The van der Waals surface area contributed by atoms with Crippen LogP contribution in [0.3, 0.4) is 0 Å². The van der Waals surface area contributed by atoms with Crippen LogP contribution in [0.15, 0.2) is 24.3 Å². The molecule has 0 aromatic heterocycles. The van der Waals surface area contributed by atoms with E-state index in [9.17, 15) is 9.59 Å². The second-order valence-electron chi connectivity index (χ2n) is 1.46. The number of hydrogen-bond donors (Lipinski definition) is 2. The van der Waals surface area contributed by atoms with Crippen molar-refractivity contribution in [1.82, 2.24) is 0 Å². The van der Waals surface area contributed by atoms with Crippen LogP contribution in [0.2, 0.25) is 0 Å².